The van der Waals surface area contributed by atoms with Crippen LogP contribution in [0.25, 0.3) is 0 Å². The molecule has 1 saturated heterocycles. The molecule has 0 saturated carbocycles. The Kier molecular flexibility index (Phi) is 6.01. The van der Waals surface area contributed by atoms with Crippen LogP contribution in [0, 0.1) is 0 Å². The molecule has 1 heterocycles. The molecule has 1 aromatic rings. The van der Waals surface area contributed by atoms with Crippen LogP contribution in [0.5, 0.6) is 0 Å². The third-order valence-electron chi connectivity index (χ3n) is 4.12. The third-order valence-corrected chi connectivity index (χ3v) is 4.12. The van der Waals surface area contributed by atoms with Gasteiger partial charge in [-0.15, -0.1) is 0 Å². The molecule has 7 heteroatoms. The van der Waals surface area contributed by atoms with Crippen molar-refractivity contribution in [3.63, 3.8) is 0 Å². The molecule has 1 amide bonds. The van der Waals surface area contributed by atoms with Crippen molar-refractivity contribution in [2.24, 2.45) is 0 Å². The summed E-state index contributed by atoms with van der Waals surface area (Å²) in [4.78, 5) is 13.9. The van der Waals surface area contributed by atoms with Gasteiger partial charge in [0.1, 0.15) is 0 Å². The van der Waals surface area contributed by atoms with E-state index in [0.717, 1.165) is 32.0 Å². The lowest BCUT2D eigenvalue weighted by Crippen LogP contribution is -2.45. The number of likely N-dealkylation sites (N-methyl/N-ethyl adjacent to an activating group) is 1. The van der Waals surface area contributed by atoms with Gasteiger partial charge in [0.25, 0.3) is 0 Å². The molecule has 0 aliphatic carbocycles. The minimum absolute atomic E-state index is 0.0814. The zero-order valence-corrected chi connectivity index (χ0v) is 13.1. The SMILES string of the molecule is CN(CC(=O)NCc1ccccc1C(F)(F)F)C1CCNCC1. The smallest absolute Gasteiger partial charge is 0.351 e. The molecule has 0 unspecified atom stereocenters. The summed E-state index contributed by atoms with van der Waals surface area (Å²) in [6, 6.07) is 5.64. The predicted molar refractivity (Wildman–Crippen MR) is 81.8 cm³/mol. The molecule has 0 spiro atoms. The Balaban J connectivity index is 1.87. The molecule has 1 fully saturated rings. The molecule has 0 radical (unpaired) electrons. The van der Waals surface area contributed by atoms with Gasteiger partial charge >= 0.3 is 6.18 Å². The molecule has 1 aliphatic heterocycles. The Morgan fingerprint density at radius 2 is 1.96 bits per heavy atom. The zero-order valence-electron chi connectivity index (χ0n) is 13.1. The van der Waals surface area contributed by atoms with Crippen molar-refractivity contribution in [2.75, 3.05) is 26.7 Å². The predicted octanol–water partition coefficient (Wildman–Crippen LogP) is 2.01. The maximum absolute atomic E-state index is 12.9. The first-order valence-corrected chi connectivity index (χ1v) is 7.70. The maximum atomic E-state index is 12.9. The lowest BCUT2D eigenvalue weighted by molar-refractivity contribution is -0.138. The number of hydrogen-bond donors (Lipinski definition) is 2. The van der Waals surface area contributed by atoms with Crippen LogP contribution in [0.4, 0.5) is 13.2 Å². The van der Waals surface area contributed by atoms with Crippen LogP contribution in [-0.2, 0) is 17.5 Å². The normalized spacial score (nSPS) is 16.6. The summed E-state index contributed by atoms with van der Waals surface area (Å²) in [7, 11) is 1.87. The number of alkyl halides is 3. The van der Waals surface area contributed by atoms with Crippen molar-refractivity contribution < 1.29 is 18.0 Å². The summed E-state index contributed by atoms with van der Waals surface area (Å²) in [6.45, 7) is 1.93. The Morgan fingerprint density at radius 3 is 2.61 bits per heavy atom. The van der Waals surface area contributed by atoms with E-state index in [9.17, 15) is 18.0 Å². The highest BCUT2D eigenvalue weighted by atomic mass is 19.4. The first-order chi connectivity index (χ1) is 10.9. The van der Waals surface area contributed by atoms with E-state index < -0.39 is 11.7 Å². The molecule has 128 valence electrons. The zero-order chi connectivity index (χ0) is 16.9. The number of carbonyl (C=O) groups excluding carboxylic acids is 1. The summed E-state index contributed by atoms with van der Waals surface area (Å²) >= 11 is 0. The van der Waals surface area contributed by atoms with Gasteiger partial charge in [-0.2, -0.15) is 13.2 Å². The van der Waals surface area contributed by atoms with Gasteiger partial charge in [-0.1, -0.05) is 18.2 Å². The Bertz CT molecular complexity index is 528. The molecule has 23 heavy (non-hydrogen) atoms. The monoisotopic (exact) mass is 329 g/mol. The number of piperidine rings is 1. The van der Waals surface area contributed by atoms with E-state index in [1.54, 1.807) is 0 Å². The topological polar surface area (TPSA) is 44.4 Å². The van der Waals surface area contributed by atoms with Crippen molar-refractivity contribution in [1.29, 1.82) is 0 Å². The van der Waals surface area contributed by atoms with Crippen molar-refractivity contribution in [3.05, 3.63) is 35.4 Å². The molecule has 1 aromatic carbocycles. The summed E-state index contributed by atoms with van der Waals surface area (Å²) in [5.41, 5.74) is -0.620. The van der Waals surface area contributed by atoms with E-state index >= 15 is 0 Å². The van der Waals surface area contributed by atoms with Crippen LogP contribution < -0.4 is 10.6 Å². The molecular weight excluding hydrogens is 307 g/mol. The van der Waals surface area contributed by atoms with E-state index in [-0.39, 0.29) is 24.6 Å². The summed E-state index contributed by atoms with van der Waals surface area (Å²) in [5, 5.41) is 5.84. The summed E-state index contributed by atoms with van der Waals surface area (Å²) in [6.07, 6.45) is -2.46. The molecule has 4 nitrogen and oxygen atoms in total. The minimum atomic E-state index is -4.41. The van der Waals surface area contributed by atoms with E-state index in [2.05, 4.69) is 10.6 Å². The molecule has 0 aromatic heterocycles. The number of carbonyl (C=O) groups is 1. The Morgan fingerprint density at radius 1 is 1.30 bits per heavy atom. The highest BCUT2D eigenvalue weighted by Gasteiger charge is 2.32. The number of benzene rings is 1. The Hall–Kier alpha value is -1.60. The van der Waals surface area contributed by atoms with Crippen LogP contribution in [0.2, 0.25) is 0 Å². The van der Waals surface area contributed by atoms with Crippen molar-refractivity contribution >= 4 is 5.91 Å². The van der Waals surface area contributed by atoms with Gasteiger partial charge in [0, 0.05) is 12.6 Å². The average molecular weight is 329 g/mol. The number of halogens is 3. The summed E-state index contributed by atoms with van der Waals surface area (Å²) < 4.78 is 38.7. The fourth-order valence-electron chi connectivity index (χ4n) is 2.80. The van der Waals surface area contributed by atoms with Crippen LogP contribution in [0.1, 0.15) is 24.0 Å². The minimum Gasteiger partial charge on any atom is -0.351 e. The number of nitrogens with one attached hydrogen (secondary N) is 2. The lowest BCUT2D eigenvalue weighted by atomic mass is 10.1. The number of hydrogen-bond acceptors (Lipinski definition) is 3. The fraction of sp³-hybridized carbons (Fsp3) is 0.562. The van der Waals surface area contributed by atoms with Crippen LogP contribution in [0.3, 0.4) is 0 Å². The second kappa shape index (κ2) is 7.79. The second-order valence-corrected chi connectivity index (χ2v) is 5.83. The highest BCUT2D eigenvalue weighted by molar-refractivity contribution is 5.78. The lowest BCUT2D eigenvalue weighted by Gasteiger charge is -2.31. The van der Waals surface area contributed by atoms with Crippen molar-refractivity contribution in [2.45, 2.75) is 31.6 Å². The molecule has 2 rings (SSSR count). The van der Waals surface area contributed by atoms with E-state index in [0.29, 0.717) is 6.04 Å². The molecule has 0 atom stereocenters. The van der Waals surface area contributed by atoms with Gasteiger partial charge in [-0.3, -0.25) is 9.69 Å². The van der Waals surface area contributed by atoms with Crippen molar-refractivity contribution in [3.8, 4) is 0 Å². The van der Waals surface area contributed by atoms with Gasteiger partial charge in [-0.05, 0) is 44.6 Å². The van der Waals surface area contributed by atoms with Gasteiger partial charge < -0.3 is 10.6 Å². The largest absolute Gasteiger partial charge is 0.416 e. The van der Waals surface area contributed by atoms with E-state index in [1.807, 2.05) is 11.9 Å². The van der Waals surface area contributed by atoms with Gasteiger partial charge in [0.2, 0.25) is 5.91 Å². The van der Waals surface area contributed by atoms with Gasteiger partial charge in [0.15, 0.2) is 0 Å². The van der Waals surface area contributed by atoms with Crippen LogP contribution in [0.15, 0.2) is 24.3 Å². The highest BCUT2D eigenvalue weighted by Crippen LogP contribution is 2.31. The summed E-state index contributed by atoms with van der Waals surface area (Å²) in [5.74, 6) is -0.261. The Labute approximate surface area is 134 Å². The number of rotatable bonds is 5. The van der Waals surface area contributed by atoms with Gasteiger partial charge in [0.05, 0.1) is 12.1 Å². The van der Waals surface area contributed by atoms with Crippen LogP contribution >= 0.6 is 0 Å². The maximum Gasteiger partial charge on any atom is 0.416 e. The first-order valence-electron chi connectivity index (χ1n) is 7.70. The molecule has 0 bridgehead atoms. The third kappa shape index (κ3) is 5.21. The number of amides is 1. The van der Waals surface area contributed by atoms with E-state index in [1.165, 1.54) is 18.2 Å². The quantitative estimate of drug-likeness (QED) is 0.868. The fourth-order valence-corrected chi connectivity index (χ4v) is 2.80. The molecule has 2 N–H and O–H groups in total. The van der Waals surface area contributed by atoms with Gasteiger partial charge in [-0.25, -0.2) is 0 Å². The standard InChI is InChI=1S/C16H22F3N3O/c1-22(13-6-8-20-9-7-13)11-15(23)21-10-12-4-2-3-5-14(12)16(17,18)19/h2-5,13,20H,6-11H2,1H3,(H,21,23). The first kappa shape index (κ1) is 17.7. The van der Waals surface area contributed by atoms with Crippen LogP contribution in [-0.4, -0.2) is 43.5 Å². The molecule has 1 aliphatic rings. The number of nitrogens with zero attached hydrogens (tertiary/aromatic N) is 1. The van der Waals surface area contributed by atoms with E-state index in [4.69, 9.17) is 0 Å². The average Bonchev–Trinajstić information content (AvgIpc) is 2.53. The molecular formula is C16H22F3N3O. The van der Waals surface area contributed by atoms with Crippen molar-refractivity contribution in [1.82, 2.24) is 15.5 Å². The second-order valence-electron chi connectivity index (χ2n) is 5.83.